The van der Waals surface area contributed by atoms with Crippen LogP contribution in [-0.2, 0) is 4.74 Å². The van der Waals surface area contributed by atoms with E-state index < -0.39 is 11.7 Å². The first-order chi connectivity index (χ1) is 15.1. The van der Waals surface area contributed by atoms with E-state index in [9.17, 15) is 9.59 Å². The summed E-state index contributed by atoms with van der Waals surface area (Å²) in [5.41, 5.74) is 0.594. The molecule has 2 aromatic heterocycles. The van der Waals surface area contributed by atoms with Crippen LogP contribution in [0.2, 0.25) is 0 Å². The fourth-order valence-electron chi connectivity index (χ4n) is 2.91. The third kappa shape index (κ3) is 5.87. The lowest BCUT2D eigenvalue weighted by atomic mass is 10.2. The molecule has 2 N–H and O–H groups in total. The quantitative estimate of drug-likeness (QED) is 0.565. The van der Waals surface area contributed by atoms with Crippen LogP contribution in [0.5, 0.6) is 5.75 Å². The van der Waals surface area contributed by atoms with E-state index in [2.05, 4.69) is 20.6 Å². The molecule has 0 aliphatic heterocycles. The van der Waals surface area contributed by atoms with Gasteiger partial charge in [0.2, 0.25) is 0 Å². The molecule has 32 heavy (non-hydrogen) atoms. The van der Waals surface area contributed by atoms with E-state index in [1.54, 1.807) is 51.2 Å². The number of rotatable bonds is 6. The van der Waals surface area contributed by atoms with Gasteiger partial charge in [-0.15, -0.1) is 0 Å². The second kappa shape index (κ2) is 9.54. The number of carbonyl (C=O) groups is 2. The number of alkyl carbamates (subject to hydrolysis) is 1. The molecule has 0 spiro atoms. The predicted octanol–water partition coefficient (Wildman–Crippen LogP) is 3.48. The molecule has 2 heterocycles. The highest BCUT2D eigenvalue weighted by Crippen LogP contribution is 2.23. The van der Waals surface area contributed by atoms with Crippen LogP contribution < -0.4 is 20.3 Å². The highest BCUT2D eigenvalue weighted by molar-refractivity contribution is 5.99. The Labute approximate surface area is 186 Å². The summed E-state index contributed by atoms with van der Waals surface area (Å²) < 4.78 is 12.2. The molecule has 0 atom stereocenters. The molecule has 0 unspecified atom stereocenters. The first-order valence-corrected chi connectivity index (χ1v) is 10.1. The zero-order valence-corrected chi connectivity index (χ0v) is 18.9. The topological polar surface area (TPSA) is 111 Å². The Balaban J connectivity index is 1.54. The Morgan fingerprint density at radius 1 is 1.09 bits per heavy atom. The fourth-order valence-corrected chi connectivity index (χ4v) is 2.91. The first-order valence-electron chi connectivity index (χ1n) is 10.1. The molecule has 0 aliphatic rings. The van der Waals surface area contributed by atoms with Crippen LogP contribution in [0.15, 0.2) is 42.9 Å². The average Bonchev–Trinajstić information content (AvgIpc) is 3.15. The van der Waals surface area contributed by atoms with Crippen LogP contribution in [0.3, 0.4) is 0 Å². The van der Waals surface area contributed by atoms with Crippen molar-refractivity contribution in [3.63, 3.8) is 0 Å². The Kier molecular flexibility index (Phi) is 6.82. The standard InChI is InChI=1S/C22H28N6O4/c1-22(2,3)32-21(30)23-11-13-31-16-8-6-15(7-9-16)26-20(29)28-12-10-17-18(27(4)5)24-14-25-19(17)28/h6-10,12,14H,11,13H2,1-5H3,(H,23,30)(H,26,29). The summed E-state index contributed by atoms with van der Waals surface area (Å²) in [6.45, 7) is 6.00. The summed E-state index contributed by atoms with van der Waals surface area (Å²) in [5.74, 6) is 1.35. The summed E-state index contributed by atoms with van der Waals surface area (Å²) in [7, 11) is 3.77. The molecule has 3 aromatic rings. The molecule has 0 saturated heterocycles. The number of nitrogens with one attached hydrogen (secondary N) is 2. The van der Waals surface area contributed by atoms with Gasteiger partial charge in [-0.3, -0.25) is 4.57 Å². The van der Waals surface area contributed by atoms with E-state index in [4.69, 9.17) is 9.47 Å². The summed E-state index contributed by atoms with van der Waals surface area (Å²) in [6.07, 6.45) is 2.61. The zero-order chi connectivity index (χ0) is 23.3. The van der Waals surface area contributed by atoms with E-state index in [0.717, 1.165) is 11.2 Å². The fraction of sp³-hybridized carbons (Fsp3) is 0.364. The lowest BCUT2D eigenvalue weighted by Gasteiger charge is -2.19. The normalized spacial score (nSPS) is 11.2. The van der Waals surface area contributed by atoms with Crippen LogP contribution in [0.1, 0.15) is 20.8 Å². The number of aromatic nitrogens is 3. The summed E-state index contributed by atoms with van der Waals surface area (Å²) in [6, 6.07) is 8.43. The maximum atomic E-state index is 12.7. The SMILES string of the molecule is CN(C)c1ncnc2c1ccn2C(=O)Nc1ccc(OCCNC(=O)OC(C)(C)C)cc1. The van der Waals surface area contributed by atoms with Gasteiger partial charge in [0.1, 0.15) is 30.1 Å². The number of hydrogen-bond donors (Lipinski definition) is 2. The number of hydrogen-bond acceptors (Lipinski definition) is 7. The van der Waals surface area contributed by atoms with Crippen molar-refractivity contribution in [1.82, 2.24) is 19.9 Å². The van der Waals surface area contributed by atoms with Crippen molar-refractivity contribution in [3.05, 3.63) is 42.9 Å². The minimum atomic E-state index is -0.542. The predicted molar refractivity (Wildman–Crippen MR) is 122 cm³/mol. The third-order valence-electron chi connectivity index (χ3n) is 4.25. The number of amides is 2. The maximum absolute atomic E-state index is 12.7. The van der Waals surface area contributed by atoms with Crippen LogP contribution in [0.25, 0.3) is 11.0 Å². The van der Waals surface area contributed by atoms with Gasteiger partial charge in [-0.2, -0.15) is 0 Å². The molecule has 0 bridgehead atoms. The van der Waals surface area contributed by atoms with Crippen molar-refractivity contribution in [2.45, 2.75) is 26.4 Å². The van der Waals surface area contributed by atoms with E-state index in [0.29, 0.717) is 23.6 Å². The van der Waals surface area contributed by atoms with Crippen molar-refractivity contribution in [3.8, 4) is 5.75 Å². The molecule has 0 saturated carbocycles. The van der Waals surface area contributed by atoms with Gasteiger partial charge in [-0.05, 0) is 51.1 Å². The molecule has 10 heteroatoms. The van der Waals surface area contributed by atoms with E-state index in [-0.39, 0.29) is 12.6 Å². The Hall–Kier alpha value is -3.82. The van der Waals surface area contributed by atoms with Gasteiger partial charge in [0.15, 0.2) is 5.65 Å². The molecule has 0 aliphatic carbocycles. The smallest absolute Gasteiger partial charge is 0.407 e. The average molecular weight is 441 g/mol. The monoisotopic (exact) mass is 440 g/mol. The van der Waals surface area contributed by atoms with Crippen molar-refractivity contribution in [1.29, 1.82) is 0 Å². The Morgan fingerprint density at radius 3 is 2.47 bits per heavy atom. The minimum Gasteiger partial charge on any atom is -0.492 e. The van der Waals surface area contributed by atoms with Crippen LogP contribution >= 0.6 is 0 Å². The number of fused-ring (bicyclic) bond motifs is 1. The van der Waals surface area contributed by atoms with Gasteiger partial charge >= 0.3 is 12.1 Å². The van der Waals surface area contributed by atoms with Crippen LogP contribution in [-0.4, -0.2) is 59.5 Å². The van der Waals surface area contributed by atoms with Gasteiger partial charge in [0, 0.05) is 26.0 Å². The summed E-state index contributed by atoms with van der Waals surface area (Å²) in [4.78, 5) is 34.7. The van der Waals surface area contributed by atoms with Crippen LogP contribution in [0.4, 0.5) is 21.1 Å². The zero-order valence-electron chi connectivity index (χ0n) is 18.9. The lowest BCUT2D eigenvalue weighted by molar-refractivity contribution is 0.0520. The van der Waals surface area contributed by atoms with Gasteiger partial charge in [-0.25, -0.2) is 19.6 Å². The number of anilines is 2. The second-order valence-corrected chi connectivity index (χ2v) is 8.25. The van der Waals surface area contributed by atoms with E-state index in [1.165, 1.54) is 10.9 Å². The Morgan fingerprint density at radius 2 is 1.81 bits per heavy atom. The largest absolute Gasteiger partial charge is 0.492 e. The molecule has 10 nitrogen and oxygen atoms in total. The number of benzene rings is 1. The molecule has 0 radical (unpaired) electrons. The Bertz CT molecular complexity index is 1090. The molecular formula is C22H28N6O4. The molecule has 3 rings (SSSR count). The second-order valence-electron chi connectivity index (χ2n) is 8.25. The lowest BCUT2D eigenvalue weighted by Crippen LogP contribution is -2.34. The number of ether oxygens (including phenoxy) is 2. The summed E-state index contributed by atoms with van der Waals surface area (Å²) in [5, 5.41) is 6.25. The van der Waals surface area contributed by atoms with Crippen molar-refractivity contribution in [2.24, 2.45) is 0 Å². The van der Waals surface area contributed by atoms with Crippen molar-refractivity contribution >= 4 is 34.7 Å². The molecule has 170 valence electrons. The minimum absolute atomic E-state index is 0.286. The highest BCUT2D eigenvalue weighted by Gasteiger charge is 2.16. The third-order valence-corrected chi connectivity index (χ3v) is 4.25. The van der Waals surface area contributed by atoms with E-state index in [1.807, 2.05) is 25.1 Å². The van der Waals surface area contributed by atoms with Gasteiger partial charge in [-0.1, -0.05) is 0 Å². The highest BCUT2D eigenvalue weighted by atomic mass is 16.6. The van der Waals surface area contributed by atoms with Gasteiger partial charge in [0.25, 0.3) is 0 Å². The molecule has 2 amide bonds. The van der Waals surface area contributed by atoms with Gasteiger partial charge < -0.3 is 25.0 Å². The molecular weight excluding hydrogens is 412 g/mol. The number of carbonyl (C=O) groups excluding carboxylic acids is 2. The molecule has 1 aromatic carbocycles. The maximum Gasteiger partial charge on any atom is 0.407 e. The molecule has 0 fully saturated rings. The first kappa shape index (κ1) is 22.9. The van der Waals surface area contributed by atoms with Crippen LogP contribution in [0, 0.1) is 0 Å². The van der Waals surface area contributed by atoms with E-state index >= 15 is 0 Å². The number of nitrogens with zero attached hydrogens (tertiary/aromatic N) is 4. The summed E-state index contributed by atoms with van der Waals surface area (Å²) >= 11 is 0. The van der Waals surface area contributed by atoms with Gasteiger partial charge in [0.05, 0.1) is 11.9 Å². The van der Waals surface area contributed by atoms with Crippen molar-refractivity contribution in [2.75, 3.05) is 37.5 Å². The van der Waals surface area contributed by atoms with Crippen molar-refractivity contribution < 1.29 is 19.1 Å².